The molecule has 0 bridgehead atoms. The highest BCUT2D eigenvalue weighted by molar-refractivity contribution is 8.00. The predicted molar refractivity (Wildman–Crippen MR) is 126 cm³/mol. The summed E-state index contributed by atoms with van der Waals surface area (Å²) in [7, 11) is 0. The first kappa shape index (κ1) is 23.2. The largest absolute Gasteiger partial charge is 0.416 e. The maximum absolute atomic E-state index is 13.1. The van der Waals surface area contributed by atoms with Crippen LogP contribution in [-0.2, 0) is 11.0 Å². The SMILES string of the molecule is O=C1C(NNc2cccc(C(F)(F)F)c2)C(CSc2ccc(Cl)cc2)=NN1c1ccccc1. The van der Waals surface area contributed by atoms with Crippen molar-refractivity contribution in [3.63, 3.8) is 0 Å². The first-order valence-corrected chi connectivity index (χ1v) is 11.2. The lowest BCUT2D eigenvalue weighted by Crippen LogP contribution is -2.46. The van der Waals surface area contributed by atoms with E-state index in [9.17, 15) is 18.0 Å². The van der Waals surface area contributed by atoms with Gasteiger partial charge in [0.15, 0.2) is 0 Å². The number of amides is 1. The smallest absolute Gasteiger partial charge is 0.320 e. The van der Waals surface area contributed by atoms with Gasteiger partial charge in [0.2, 0.25) is 0 Å². The van der Waals surface area contributed by atoms with E-state index in [0.717, 1.165) is 17.0 Å². The zero-order chi connectivity index (χ0) is 23.4. The van der Waals surface area contributed by atoms with Crippen molar-refractivity contribution in [2.45, 2.75) is 17.1 Å². The van der Waals surface area contributed by atoms with Crippen LogP contribution in [0, 0.1) is 0 Å². The number of hydrazone groups is 1. The van der Waals surface area contributed by atoms with E-state index in [1.807, 2.05) is 18.2 Å². The van der Waals surface area contributed by atoms with Gasteiger partial charge in [0, 0.05) is 21.4 Å². The molecule has 1 amide bonds. The number of anilines is 2. The Morgan fingerprint density at radius 3 is 2.42 bits per heavy atom. The van der Waals surface area contributed by atoms with Crippen LogP contribution >= 0.6 is 23.4 Å². The van der Waals surface area contributed by atoms with Crippen LogP contribution in [0.5, 0.6) is 0 Å². The minimum atomic E-state index is -4.47. The number of thioether (sulfide) groups is 1. The summed E-state index contributed by atoms with van der Waals surface area (Å²) < 4.78 is 39.1. The fraction of sp³-hybridized carbons (Fsp3) is 0.130. The maximum atomic E-state index is 13.1. The number of para-hydroxylation sites is 1. The summed E-state index contributed by atoms with van der Waals surface area (Å²) in [5.74, 6) is 0.0472. The molecule has 0 aliphatic carbocycles. The van der Waals surface area contributed by atoms with Crippen LogP contribution in [0.4, 0.5) is 24.5 Å². The van der Waals surface area contributed by atoms with Crippen molar-refractivity contribution in [2.75, 3.05) is 16.2 Å². The van der Waals surface area contributed by atoms with Crippen molar-refractivity contribution in [3.8, 4) is 0 Å². The third kappa shape index (κ3) is 5.68. The van der Waals surface area contributed by atoms with E-state index in [1.54, 1.807) is 36.4 Å². The highest BCUT2D eigenvalue weighted by atomic mass is 35.5. The molecule has 0 saturated carbocycles. The average Bonchev–Trinajstić information content (AvgIpc) is 3.12. The van der Waals surface area contributed by atoms with E-state index >= 15 is 0 Å². The first-order chi connectivity index (χ1) is 15.8. The molecule has 3 aromatic carbocycles. The Labute approximate surface area is 197 Å². The molecule has 1 unspecified atom stereocenters. The number of benzene rings is 3. The van der Waals surface area contributed by atoms with E-state index in [-0.39, 0.29) is 11.6 Å². The van der Waals surface area contributed by atoms with Gasteiger partial charge in [-0.3, -0.25) is 4.79 Å². The number of hydrogen-bond acceptors (Lipinski definition) is 5. The van der Waals surface area contributed by atoms with Crippen molar-refractivity contribution < 1.29 is 18.0 Å². The normalized spacial score (nSPS) is 16.1. The zero-order valence-electron chi connectivity index (χ0n) is 17.0. The second-order valence-corrected chi connectivity index (χ2v) is 8.59. The molecule has 10 heteroatoms. The maximum Gasteiger partial charge on any atom is 0.416 e. The summed E-state index contributed by atoms with van der Waals surface area (Å²) in [5, 5.41) is 6.41. The number of nitrogens with zero attached hydrogens (tertiary/aromatic N) is 2. The van der Waals surface area contributed by atoms with E-state index in [0.29, 0.717) is 22.2 Å². The molecule has 0 saturated heterocycles. The highest BCUT2D eigenvalue weighted by Crippen LogP contribution is 2.31. The standard InChI is InChI=1S/C23H18ClF3N4OS/c24-16-9-11-19(12-10-16)33-14-20-21(22(32)31(30-20)18-7-2-1-3-8-18)29-28-17-6-4-5-15(13-17)23(25,26)27/h1-13,21,28-29H,14H2. The molecule has 1 aliphatic rings. The second kappa shape index (κ2) is 9.86. The van der Waals surface area contributed by atoms with Gasteiger partial charge in [0.25, 0.3) is 5.91 Å². The lowest BCUT2D eigenvalue weighted by molar-refractivity contribution is -0.137. The minimum absolute atomic E-state index is 0.181. The lowest BCUT2D eigenvalue weighted by Gasteiger charge is -2.17. The third-order valence-corrected chi connectivity index (χ3v) is 6.07. The van der Waals surface area contributed by atoms with Gasteiger partial charge < -0.3 is 5.43 Å². The Hall–Kier alpha value is -3.01. The van der Waals surface area contributed by atoms with Gasteiger partial charge in [-0.15, -0.1) is 11.8 Å². The van der Waals surface area contributed by atoms with Crippen LogP contribution in [0.2, 0.25) is 5.02 Å². The average molecular weight is 491 g/mol. The Morgan fingerprint density at radius 2 is 1.73 bits per heavy atom. The molecule has 0 aromatic heterocycles. The molecule has 1 atom stereocenters. The fourth-order valence-corrected chi connectivity index (χ4v) is 4.12. The molecule has 0 spiro atoms. The van der Waals surface area contributed by atoms with Crippen LogP contribution in [-0.4, -0.2) is 23.4 Å². The number of halogens is 4. The predicted octanol–water partition coefficient (Wildman–Crippen LogP) is 5.84. The third-order valence-electron chi connectivity index (χ3n) is 4.77. The molecular weight excluding hydrogens is 473 g/mol. The Balaban J connectivity index is 1.52. The summed E-state index contributed by atoms with van der Waals surface area (Å²) in [5.41, 5.74) is 6.10. The Morgan fingerprint density at radius 1 is 1.00 bits per heavy atom. The van der Waals surface area contributed by atoms with E-state index in [2.05, 4.69) is 16.0 Å². The van der Waals surface area contributed by atoms with Gasteiger partial charge in [-0.1, -0.05) is 35.9 Å². The van der Waals surface area contributed by atoms with Gasteiger partial charge in [-0.05, 0) is 54.6 Å². The topological polar surface area (TPSA) is 56.7 Å². The second-order valence-electron chi connectivity index (χ2n) is 7.10. The van der Waals surface area contributed by atoms with Crippen LogP contribution < -0.4 is 15.9 Å². The number of alkyl halides is 3. The molecule has 0 fully saturated rings. The molecule has 3 aromatic rings. The van der Waals surface area contributed by atoms with E-state index < -0.39 is 17.8 Å². The summed E-state index contributed by atoms with van der Waals surface area (Å²) >= 11 is 7.41. The highest BCUT2D eigenvalue weighted by Gasteiger charge is 2.37. The van der Waals surface area contributed by atoms with Crippen molar-refractivity contribution in [3.05, 3.63) is 89.4 Å². The van der Waals surface area contributed by atoms with Crippen molar-refractivity contribution >= 4 is 46.4 Å². The monoisotopic (exact) mass is 490 g/mol. The van der Waals surface area contributed by atoms with Crippen molar-refractivity contribution in [1.29, 1.82) is 0 Å². The van der Waals surface area contributed by atoms with Gasteiger partial charge >= 0.3 is 6.18 Å². The number of hydrazine groups is 1. The zero-order valence-corrected chi connectivity index (χ0v) is 18.6. The first-order valence-electron chi connectivity index (χ1n) is 9.85. The fourth-order valence-electron chi connectivity index (χ4n) is 3.13. The molecule has 33 heavy (non-hydrogen) atoms. The minimum Gasteiger partial charge on any atom is -0.320 e. The van der Waals surface area contributed by atoms with Gasteiger partial charge in [0.05, 0.1) is 17.0 Å². The number of hydrogen-bond donors (Lipinski definition) is 2. The summed E-state index contributed by atoms with van der Waals surface area (Å²) in [6.45, 7) is 0. The van der Waals surface area contributed by atoms with Crippen LogP contribution in [0.25, 0.3) is 0 Å². The van der Waals surface area contributed by atoms with Crippen LogP contribution in [0.15, 0.2) is 88.9 Å². The van der Waals surface area contributed by atoms with Gasteiger partial charge in [0.1, 0.15) is 6.04 Å². The molecule has 5 nitrogen and oxygen atoms in total. The van der Waals surface area contributed by atoms with Gasteiger partial charge in [-0.25, -0.2) is 5.43 Å². The number of carbonyl (C=O) groups excluding carboxylic acids is 1. The number of nitrogens with one attached hydrogen (secondary N) is 2. The molecule has 1 aliphatic heterocycles. The Bertz CT molecular complexity index is 1160. The quantitative estimate of drug-likeness (QED) is 0.323. The summed E-state index contributed by atoms with van der Waals surface area (Å²) in [4.78, 5) is 14.1. The van der Waals surface area contributed by atoms with Crippen LogP contribution in [0.1, 0.15) is 5.56 Å². The molecule has 2 N–H and O–H groups in total. The molecule has 0 radical (unpaired) electrons. The molecule has 4 rings (SSSR count). The number of carbonyl (C=O) groups is 1. The number of rotatable bonds is 7. The van der Waals surface area contributed by atoms with Crippen molar-refractivity contribution in [1.82, 2.24) is 5.43 Å². The molecule has 1 heterocycles. The Kier molecular flexibility index (Phi) is 6.92. The van der Waals surface area contributed by atoms with E-state index in [4.69, 9.17) is 11.6 Å². The van der Waals surface area contributed by atoms with Gasteiger partial charge in [-0.2, -0.15) is 23.3 Å². The van der Waals surface area contributed by atoms with Crippen molar-refractivity contribution in [2.24, 2.45) is 5.10 Å². The molecule has 170 valence electrons. The summed E-state index contributed by atoms with van der Waals surface area (Å²) in [6.07, 6.45) is -4.47. The molecular formula is C23H18ClF3N4OS. The summed E-state index contributed by atoms with van der Waals surface area (Å²) in [6, 6.07) is 20.1. The van der Waals surface area contributed by atoms with E-state index in [1.165, 1.54) is 28.9 Å². The van der Waals surface area contributed by atoms with Crippen LogP contribution in [0.3, 0.4) is 0 Å². The lowest BCUT2D eigenvalue weighted by atomic mass is 10.2.